The first-order chi connectivity index (χ1) is 12.1. The first-order valence-electron chi connectivity index (χ1n) is 7.94. The Balaban J connectivity index is 1.71. The van der Waals surface area contributed by atoms with Gasteiger partial charge >= 0.3 is 5.97 Å². The topological polar surface area (TPSA) is 72.0 Å². The molecule has 5 nitrogen and oxygen atoms in total. The maximum atomic E-state index is 12.3. The monoisotopic (exact) mass is 374 g/mol. The molecule has 0 saturated heterocycles. The van der Waals surface area contributed by atoms with Crippen LogP contribution in [0.25, 0.3) is 10.2 Å². The van der Waals surface area contributed by atoms with E-state index in [-0.39, 0.29) is 18.1 Å². The Bertz CT molecular complexity index is 934. The van der Waals surface area contributed by atoms with Gasteiger partial charge in [-0.15, -0.1) is 11.3 Å². The minimum atomic E-state index is -0.412. The number of rotatable bonds is 6. The van der Waals surface area contributed by atoms with Gasteiger partial charge in [0, 0.05) is 4.88 Å². The molecule has 0 fully saturated rings. The molecule has 0 spiro atoms. The number of carbonyl (C=O) groups is 1. The van der Waals surface area contributed by atoms with Gasteiger partial charge in [-0.05, 0) is 25.0 Å². The Kier molecular flexibility index (Phi) is 5.55. The summed E-state index contributed by atoms with van der Waals surface area (Å²) in [5.41, 5.74) is 0.766. The largest absolute Gasteiger partial charge is 0.460 e. The van der Waals surface area contributed by atoms with Crippen molar-refractivity contribution in [2.45, 2.75) is 37.3 Å². The van der Waals surface area contributed by atoms with Crippen molar-refractivity contribution in [3.8, 4) is 0 Å². The number of esters is 1. The molecule has 0 saturated carbocycles. The van der Waals surface area contributed by atoms with Gasteiger partial charge in [0.15, 0.2) is 5.16 Å². The fourth-order valence-corrected chi connectivity index (χ4v) is 4.18. The molecular formula is C18H18N2O3S2. The molecule has 0 aliphatic rings. The van der Waals surface area contributed by atoms with Crippen molar-refractivity contribution >= 4 is 39.3 Å². The Morgan fingerprint density at radius 1 is 1.36 bits per heavy atom. The van der Waals surface area contributed by atoms with E-state index >= 15 is 0 Å². The third kappa shape index (κ3) is 4.29. The standard InChI is InChI=1S/C18H18N2O3S2/c1-3-14(17(22)23-10-12-7-5-4-6-8-12)25-18-19-15(21)13-9-11(2)24-16(13)20-18/h4-9,14H,3,10H2,1-2H3,(H,19,20,21). The lowest BCUT2D eigenvalue weighted by atomic mass is 10.2. The zero-order valence-corrected chi connectivity index (χ0v) is 15.6. The van der Waals surface area contributed by atoms with Crippen LogP contribution in [0.2, 0.25) is 0 Å². The summed E-state index contributed by atoms with van der Waals surface area (Å²) in [5, 5.41) is 0.625. The number of nitrogens with one attached hydrogen (secondary N) is 1. The number of ether oxygens (including phenoxy) is 1. The first-order valence-corrected chi connectivity index (χ1v) is 9.64. The Morgan fingerprint density at radius 3 is 2.84 bits per heavy atom. The fourth-order valence-electron chi connectivity index (χ4n) is 2.34. The number of aromatic amines is 1. The maximum Gasteiger partial charge on any atom is 0.319 e. The molecule has 3 rings (SSSR count). The Morgan fingerprint density at radius 2 is 2.12 bits per heavy atom. The highest BCUT2D eigenvalue weighted by molar-refractivity contribution is 8.00. The molecule has 3 aromatic rings. The average molecular weight is 374 g/mol. The third-order valence-electron chi connectivity index (χ3n) is 3.62. The normalized spacial score (nSPS) is 12.2. The highest BCUT2D eigenvalue weighted by Gasteiger charge is 2.21. The molecular weight excluding hydrogens is 356 g/mol. The third-order valence-corrected chi connectivity index (χ3v) is 5.79. The highest BCUT2D eigenvalue weighted by atomic mass is 32.2. The SMILES string of the molecule is CCC(Sc1nc2sc(C)cc2c(=O)[nH]1)C(=O)OCc1ccccc1. The maximum absolute atomic E-state index is 12.3. The number of nitrogens with zero attached hydrogens (tertiary/aromatic N) is 1. The molecule has 1 aromatic carbocycles. The summed E-state index contributed by atoms with van der Waals surface area (Å²) >= 11 is 2.71. The summed E-state index contributed by atoms with van der Waals surface area (Å²) in [7, 11) is 0. The van der Waals surface area contributed by atoms with Gasteiger partial charge in [-0.25, -0.2) is 4.98 Å². The van der Waals surface area contributed by atoms with Crippen LogP contribution < -0.4 is 5.56 Å². The van der Waals surface area contributed by atoms with E-state index in [0.717, 1.165) is 10.4 Å². The van der Waals surface area contributed by atoms with Crippen molar-refractivity contribution in [3.63, 3.8) is 0 Å². The van der Waals surface area contributed by atoms with E-state index in [1.54, 1.807) is 0 Å². The second kappa shape index (κ2) is 7.84. The summed E-state index contributed by atoms with van der Waals surface area (Å²) < 4.78 is 5.40. The Hall–Kier alpha value is -2.12. The highest BCUT2D eigenvalue weighted by Crippen LogP contribution is 2.26. The molecule has 7 heteroatoms. The summed E-state index contributed by atoms with van der Waals surface area (Å²) in [5.74, 6) is -0.304. The van der Waals surface area contributed by atoms with Crippen LogP contribution in [-0.4, -0.2) is 21.2 Å². The zero-order valence-electron chi connectivity index (χ0n) is 13.9. The van der Waals surface area contributed by atoms with Crippen LogP contribution in [0, 0.1) is 6.92 Å². The molecule has 0 bridgehead atoms. The molecule has 1 atom stereocenters. The van der Waals surface area contributed by atoms with Crippen molar-refractivity contribution in [1.82, 2.24) is 9.97 Å². The zero-order chi connectivity index (χ0) is 17.8. The lowest BCUT2D eigenvalue weighted by Crippen LogP contribution is -2.20. The van der Waals surface area contributed by atoms with Crippen molar-refractivity contribution in [2.24, 2.45) is 0 Å². The number of benzene rings is 1. The van der Waals surface area contributed by atoms with Crippen molar-refractivity contribution < 1.29 is 9.53 Å². The first kappa shape index (κ1) is 17.7. The van der Waals surface area contributed by atoms with E-state index in [1.807, 2.05) is 50.2 Å². The van der Waals surface area contributed by atoms with E-state index in [2.05, 4.69) is 9.97 Å². The summed E-state index contributed by atoms with van der Waals surface area (Å²) in [6, 6.07) is 11.4. The number of hydrogen-bond acceptors (Lipinski definition) is 6. The van der Waals surface area contributed by atoms with Crippen LogP contribution in [0.1, 0.15) is 23.8 Å². The van der Waals surface area contributed by atoms with E-state index in [4.69, 9.17) is 4.74 Å². The second-order valence-corrected chi connectivity index (χ2v) is 7.98. The average Bonchev–Trinajstić information content (AvgIpc) is 2.99. The number of H-pyrrole nitrogens is 1. The molecule has 0 radical (unpaired) electrons. The van der Waals surface area contributed by atoms with Gasteiger partial charge in [-0.1, -0.05) is 49.0 Å². The summed E-state index contributed by atoms with van der Waals surface area (Å²) in [4.78, 5) is 33.4. The van der Waals surface area contributed by atoms with Crippen molar-refractivity contribution in [2.75, 3.05) is 0 Å². The number of aromatic nitrogens is 2. The molecule has 2 heterocycles. The predicted molar refractivity (Wildman–Crippen MR) is 101 cm³/mol. The lowest BCUT2D eigenvalue weighted by Gasteiger charge is -2.13. The van der Waals surface area contributed by atoms with Crippen LogP contribution >= 0.6 is 23.1 Å². The van der Waals surface area contributed by atoms with E-state index in [0.29, 0.717) is 21.8 Å². The Labute approximate surface area is 153 Å². The van der Waals surface area contributed by atoms with Gasteiger partial charge in [0.2, 0.25) is 0 Å². The molecule has 1 N–H and O–H groups in total. The lowest BCUT2D eigenvalue weighted by molar-refractivity contribution is -0.144. The molecule has 130 valence electrons. The number of carbonyl (C=O) groups excluding carboxylic acids is 1. The number of hydrogen-bond donors (Lipinski definition) is 1. The molecule has 1 unspecified atom stereocenters. The van der Waals surface area contributed by atoms with E-state index in [1.165, 1.54) is 23.1 Å². The molecule has 0 aliphatic carbocycles. The van der Waals surface area contributed by atoms with Crippen LogP contribution in [0.4, 0.5) is 0 Å². The number of fused-ring (bicyclic) bond motifs is 1. The van der Waals surface area contributed by atoms with Crippen LogP contribution in [-0.2, 0) is 16.1 Å². The number of thiophene rings is 1. The molecule has 25 heavy (non-hydrogen) atoms. The molecule has 2 aromatic heterocycles. The van der Waals surface area contributed by atoms with E-state index < -0.39 is 5.25 Å². The summed E-state index contributed by atoms with van der Waals surface area (Å²) in [6.07, 6.45) is 0.587. The van der Waals surface area contributed by atoms with Gasteiger partial charge in [0.25, 0.3) is 5.56 Å². The van der Waals surface area contributed by atoms with Crippen molar-refractivity contribution in [1.29, 1.82) is 0 Å². The van der Waals surface area contributed by atoms with Gasteiger partial charge < -0.3 is 9.72 Å². The minimum Gasteiger partial charge on any atom is -0.460 e. The molecule has 0 amide bonds. The van der Waals surface area contributed by atoms with Gasteiger partial charge in [-0.2, -0.15) is 0 Å². The fraction of sp³-hybridized carbons (Fsp3) is 0.278. The summed E-state index contributed by atoms with van der Waals surface area (Å²) in [6.45, 7) is 4.09. The van der Waals surface area contributed by atoms with Gasteiger partial charge in [0.05, 0.1) is 5.39 Å². The predicted octanol–water partition coefficient (Wildman–Crippen LogP) is 3.91. The quantitative estimate of drug-likeness (QED) is 0.402. The van der Waals surface area contributed by atoms with E-state index in [9.17, 15) is 9.59 Å². The van der Waals surface area contributed by atoms with Crippen LogP contribution in [0.3, 0.4) is 0 Å². The van der Waals surface area contributed by atoms with Gasteiger partial charge in [-0.3, -0.25) is 9.59 Å². The smallest absolute Gasteiger partial charge is 0.319 e. The minimum absolute atomic E-state index is 0.177. The number of thioether (sulfide) groups is 1. The molecule has 0 aliphatic heterocycles. The van der Waals surface area contributed by atoms with Crippen LogP contribution in [0.15, 0.2) is 46.3 Å². The second-order valence-electron chi connectivity index (χ2n) is 5.56. The van der Waals surface area contributed by atoms with Crippen LogP contribution in [0.5, 0.6) is 0 Å². The van der Waals surface area contributed by atoms with Crippen molar-refractivity contribution in [3.05, 3.63) is 57.2 Å². The van der Waals surface area contributed by atoms with Gasteiger partial charge in [0.1, 0.15) is 16.7 Å². The number of aryl methyl sites for hydroxylation is 1.